The zero-order valence-electron chi connectivity index (χ0n) is 10.8. The molecule has 0 saturated heterocycles. The first-order chi connectivity index (χ1) is 9.93. The highest BCUT2D eigenvalue weighted by Gasteiger charge is 2.15. The standard InChI is InChI=1S/C14H10Cl2F2N2O/c1-19-13-9(17)5-7(6-10(13)18)14(21)20-11-4-2-3-8(15)12(11)16/h2-6,19H,1H3,(H,20,21). The fraction of sp³-hybridized carbons (Fsp3) is 0.0714. The number of hydrogen-bond acceptors (Lipinski definition) is 2. The maximum absolute atomic E-state index is 13.6. The third kappa shape index (κ3) is 3.25. The van der Waals surface area contributed by atoms with Crippen LogP contribution in [0.25, 0.3) is 0 Å². The number of anilines is 2. The lowest BCUT2D eigenvalue weighted by atomic mass is 10.1. The molecule has 0 atom stereocenters. The van der Waals surface area contributed by atoms with Crippen LogP contribution in [0, 0.1) is 11.6 Å². The minimum absolute atomic E-state index is 0.153. The number of carbonyl (C=O) groups excluding carboxylic acids is 1. The fourth-order valence-electron chi connectivity index (χ4n) is 1.74. The first kappa shape index (κ1) is 15.5. The molecule has 2 N–H and O–H groups in total. The van der Waals surface area contributed by atoms with Crippen molar-refractivity contribution in [1.29, 1.82) is 0 Å². The molecule has 2 aromatic rings. The van der Waals surface area contributed by atoms with Crippen LogP contribution >= 0.6 is 23.2 Å². The SMILES string of the molecule is CNc1c(F)cc(C(=O)Nc2cccc(Cl)c2Cl)cc1F. The van der Waals surface area contributed by atoms with Crippen LogP contribution in [-0.4, -0.2) is 13.0 Å². The minimum Gasteiger partial charge on any atom is -0.383 e. The summed E-state index contributed by atoms with van der Waals surface area (Å²) in [4.78, 5) is 12.0. The van der Waals surface area contributed by atoms with E-state index in [-0.39, 0.29) is 27.0 Å². The Bertz CT molecular complexity index is 684. The minimum atomic E-state index is -0.861. The van der Waals surface area contributed by atoms with Gasteiger partial charge in [-0.15, -0.1) is 0 Å². The maximum Gasteiger partial charge on any atom is 0.255 e. The zero-order chi connectivity index (χ0) is 15.6. The molecule has 0 bridgehead atoms. The number of nitrogens with one attached hydrogen (secondary N) is 2. The van der Waals surface area contributed by atoms with Gasteiger partial charge in [0.15, 0.2) is 0 Å². The van der Waals surface area contributed by atoms with Crippen LogP contribution in [0.2, 0.25) is 10.0 Å². The van der Waals surface area contributed by atoms with Crippen molar-refractivity contribution in [3.05, 3.63) is 57.6 Å². The van der Waals surface area contributed by atoms with E-state index in [0.717, 1.165) is 12.1 Å². The van der Waals surface area contributed by atoms with Gasteiger partial charge in [-0.3, -0.25) is 4.79 Å². The zero-order valence-corrected chi connectivity index (χ0v) is 12.3. The van der Waals surface area contributed by atoms with E-state index < -0.39 is 17.5 Å². The van der Waals surface area contributed by atoms with E-state index in [2.05, 4.69) is 10.6 Å². The Morgan fingerprint density at radius 2 is 1.76 bits per heavy atom. The molecule has 0 radical (unpaired) electrons. The topological polar surface area (TPSA) is 41.1 Å². The second-order valence-electron chi connectivity index (χ2n) is 4.12. The molecule has 0 unspecified atom stereocenters. The van der Waals surface area contributed by atoms with Gasteiger partial charge in [-0.1, -0.05) is 29.3 Å². The molecule has 2 rings (SSSR count). The average molecular weight is 331 g/mol. The fourth-order valence-corrected chi connectivity index (χ4v) is 2.09. The molecule has 3 nitrogen and oxygen atoms in total. The molecular weight excluding hydrogens is 321 g/mol. The van der Waals surface area contributed by atoms with Crippen LogP contribution in [0.4, 0.5) is 20.2 Å². The molecule has 0 fully saturated rings. The van der Waals surface area contributed by atoms with Gasteiger partial charge in [0, 0.05) is 12.6 Å². The van der Waals surface area contributed by atoms with Gasteiger partial charge < -0.3 is 10.6 Å². The average Bonchev–Trinajstić information content (AvgIpc) is 2.43. The Hall–Kier alpha value is -1.85. The highest BCUT2D eigenvalue weighted by molar-refractivity contribution is 6.44. The molecular formula is C14H10Cl2F2N2O. The Morgan fingerprint density at radius 1 is 1.14 bits per heavy atom. The van der Waals surface area contributed by atoms with E-state index in [9.17, 15) is 13.6 Å². The summed E-state index contributed by atoms with van der Waals surface area (Å²) in [5.41, 5.74) is -0.208. The maximum atomic E-state index is 13.6. The number of carbonyl (C=O) groups is 1. The summed E-state index contributed by atoms with van der Waals surface area (Å²) >= 11 is 11.8. The second kappa shape index (κ2) is 6.28. The molecule has 7 heteroatoms. The van der Waals surface area contributed by atoms with Crippen molar-refractivity contribution in [2.75, 3.05) is 17.7 Å². The Morgan fingerprint density at radius 3 is 2.33 bits per heavy atom. The van der Waals surface area contributed by atoms with Crippen LogP contribution in [0.1, 0.15) is 10.4 Å². The molecule has 0 aliphatic heterocycles. The monoisotopic (exact) mass is 330 g/mol. The number of hydrogen-bond donors (Lipinski definition) is 2. The molecule has 110 valence electrons. The largest absolute Gasteiger partial charge is 0.383 e. The number of halogens is 4. The number of benzene rings is 2. The van der Waals surface area contributed by atoms with E-state index in [1.54, 1.807) is 12.1 Å². The van der Waals surface area contributed by atoms with Crippen molar-refractivity contribution in [3.63, 3.8) is 0 Å². The normalized spacial score (nSPS) is 10.3. The molecule has 0 aromatic heterocycles. The Labute approximate surface area is 129 Å². The van der Waals surface area contributed by atoms with Gasteiger partial charge in [0.2, 0.25) is 0 Å². The van der Waals surface area contributed by atoms with Gasteiger partial charge in [0.05, 0.1) is 15.7 Å². The molecule has 2 aromatic carbocycles. The molecule has 0 aliphatic carbocycles. The van der Waals surface area contributed by atoms with Crippen molar-refractivity contribution < 1.29 is 13.6 Å². The van der Waals surface area contributed by atoms with Crippen LogP contribution in [0.5, 0.6) is 0 Å². The van der Waals surface area contributed by atoms with Crippen LogP contribution < -0.4 is 10.6 Å². The molecule has 0 aliphatic rings. The number of rotatable bonds is 3. The molecule has 0 saturated carbocycles. The van der Waals surface area contributed by atoms with Gasteiger partial charge in [0.25, 0.3) is 5.91 Å². The molecule has 21 heavy (non-hydrogen) atoms. The van der Waals surface area contributed by atoms with Gasteiger partial charge in [-0.2, -0.15) is 0 Å². The van der Waals surface area contributed by atoms with Crippen LogP contribution in [0.15, 0.2) is 30.3 Å². The first-order valence-electron chi connectivity index (χ1n) is 5.86. The van der Waals surface area contributed by atoms with Gasteiger partial charge in [-0.25, -0.2) is 8.78 Å². The van der Waals surface area contributed by atoms with Crippen molar-refractivity contribution >= 4 is 40.5 Å². The summed E-state index contributed by atoms with van der Waals surface area (Å²) in [5.74, 6) is -2.42. The summed E-state index contributed by atoms with van der Waals surface area (Å²) in [5, 5.41) is 5.24. The summed E-state index contributed by atoms with van der Waals surface area (Å²) in [6, 6.07) is 6.54. The van der Waals surface area contributed by atoms with Gasteiger partial charge >= 0.3 is 0 Å². The predicted octanol–water partition coefficient (Wildman–Crippen LogP) is 4.57. The highest BCUT2D eigenvalue weighted by atomic mass is 35.5. The summed E-state index contributed by atoms with van der Waals surface area (Å²) in [6.07, 6.45) is 0. The van der Waals surface area contributed by atoms with E-state index in [0.29, 0.717) is 0 Å². The van der Waals surface area contributed by atoms with E-state index in [4.69, 9.17) is 23.2 Å². The Kier molecular flexibility index (Phi) is 4.65. The molecule has 0 heterocycles. The lowest BCUT2D eigenvalue weighted by Crippen LogP contribution is -2.13. The third-order valence-corrected chi connectivity index (χ3v) is 3.57. The van der Waals surface area contributed by atoms with E-state index in [1.807, 2.05) is 0 Å². The summed E-state index contributed by atoms with van der Waals surface area (Å²) < 4.78 is 27.2. The predicted molar refractivity (Wildman–Crippen MR) is 80.3 cm³/mol. The molecule has 1 amide bonds. The first-order valence-corrected chi connectivity index (χ1v) is 6.61. The quantitative estimate of drug-likeness (QED) is 0.865. The Balaban J connectivity index is 2.31. The summed E-state index contributed by atoms with van der Waals surface area (Å²) in [7, 11) is 1.38. The summed E-state index contributed by atoms with van der Waals surface area (Å²) in [6.45, 7) is 0. The van der Waals surface area contributed by atoms with Crippen molar-refractivity contribution in [3.8, 4) is 0 Å². The third-order valence-electron chi connectivity index (χ3n) is 2.75. The number of amides is 1. The molecule has 0 spiro atoms. The van der Waals surface area contributed by atoms with Gasteiger partial charge in [-0.05, 0) is 24.3 Å². The van der Waals surface area contributed by atoms with Crippen molar-refractivity contribution in [2.24, 2.45) is 0 Å². The lowest BCUT2D eigenvalue weighted by Gasteiger charge is -2.10. The van der Waals surface area contributed by atoms with Crippen molar-refractivity contribution in [2.45, 2.75) is 0 Å². The lowest BCUT2D eigenvalue weighted by molar-refractivity contribution is 0.102. The second-order valence-corrected chi connectivity index (χ2v) is 4.91. The van der Waals surface area contributed by atoms with Crippen LogP contribution in [-0.2, 0) is 0 Å². The highest BCUT2D eigenvalue weighted by Crippen LogP contribution is 2.30. The van der Waals surface area contributed by atoms with Crippen molar-refractivity contribution in [1.82, 2.24) is 0 Å². The smallest absolute Gasteiger partial charge is 0.255 e. The van der Waals surface area contributed by atoms with Gasteiger partial charge in [0.1, 0.15) is 17.3 Å². The van der Waals surface area contributed by atoms with Crippen LogP contribution in [0.3, 0.4) is 0 Å². The van der Waals surface area contributed by atoms with E-state index in [1.165, 1.54) is 13.1 Å². The van der Waals surface area contributed by atoms with E-state index >= 15 is 0 Å².